The van der Waals surface area contributed by atoms with E-state index in [1.54, 1.807) is 0 Å². The largest absolute Gasteiger partial charge is 0.328 e. The second-order valence-corrected chi connectivity index (χ2v) is 11.2. The molecule has 0 spiro atoms. The van der Waals surface area contributed by atoms with Crippen LogP contribution in [0.3, 0.4) is 0 Å². The van der Waals surface area contributed by atoms with Gasteiger partial charge in [-0.2, -0.15) is 0 Å². The van der Waals surface area contributed by atoms with Gasteiger partial charge in [-0.1, -0.05) is 78.4 Å². The average molecular weight is 786 g/mol. The van der Waals surface area contributed by atoms with E-state index in [2.05, 4.69) is 133 Å². The first kappa shape index (κ1) is 33.2. The summed E-state index contributed by atoms with van der Waals surface area (Å²) in [4.78, 5) is 11.3. The Morgan fingerprint density at radius 2 is 1.13 bits per heavy atom. The van der Waals surface area contributed by atoms with Crippen molar-refractivity contribution in [1.82, 2.24) is 9.97 Å². The number of hydrogen-bond donors (Lipinski definition) is 0. The van der Waals surface area contributed by atoms with E-state index in [4.69, 9.17) is 0 Å². The average Bonchev–Trinajstić information content (AvgIpc) is 3.10. The summed E-state index contributed by atoms with van der Waals surface area (Å²) in [5, 5.41) is 0. The van der Waals surface area contributed by atoms with Gasteiger partial charge >= 0.3 is 0 Å². The second kappa shape index (κ2) is 15.9. The molecule has 0 atom stereocenters. The standard InChI is InChI=1S/C23H17N2.C20H18N.Ir/c1-3-11-20(12-4-1)25(21-13-5-2-6-14-21)22-15-9-10-19(18-22)23-16-7-8-17-24-23;1-14-11-15(2)20(16(3)12-14)18-9-10-19(21-13-18)17-7-5-4-6-8-17;/h1-9,11-18H;4-7,9-13H,1-3H3;/q2*-1;. The van der Waals surface area contributed by atoms with E-state index in [-0.39, 0.29) is 20.1 Å². The third-order valence-corrected chi connectivity index (χ3v) is 7.73. The van der Waals surface area contributed by atoms with Crippen molar-refractivity contribution in [3.05, 3.63) is 187 Å². The molecule has 0 aliphatic heterocycles. The maximum Gasteiger partial charge on any atom is 0.0443 e. The summed E-state index contributed by atoms with van der Waals surface area (Å²) >= 11 is 0. The molecule has 0 N–H and O–H groups in total. The van der Waals surface area contributed by atoms with Gasteiger partial charge in [0.25, 0.3) is 0 Å². The number of para-hydroxylation sites is 2. The van der Waals surface area contributed by atoms with E-state index >= 15 is 0 Å². The molecular formula is C43H35IrN3-2. The minimum atomic E-state index is 0. The fraction of sp³-hybridized carbons (Fsp3) is 0.0698. The van der Waals surface area contributed by atoms with E-state index in [9.17, 15) is 0 Å². The van der Waals surface area contributed by atoms with Crippen LogP contribution in [0.5, 0.6) is 0 Å². The first-order valence-corrected chi connectivity index (χ1v) is 15.4. The minimum Gasteiger partial charge on any atom is -0.328 e. The third-order valence-electron chi connectivity index (χ3n) is 7.73. The number of aryl methyl sites for hydroxylation is 3. The van der Waals surface area contributed by atoms with Crippen LogP contribution in [-0.4, -0.2) is 9.97 Å². The molecule has 0 unspecified atom stereocenters. The summed E-state index contributed by atoms with van der Waals surface area (Å²) in [6.07, 6.45) is 3.77. The van der Waals surface area contributed by atoms with Crippen LogP contribution in [-0.2, 0) is 20.1 Å². The Bertz CT molecular complexity index is 1930. The van der Waals surface area contributed by atoms with Gasteiger partial charge in [-0.25, -0.2) is 0 Å². The van der Waals surface area contributed by atoms with Crippen molar-refractivity contribution in [1.29, 1.82) is 0 Å². The van der Waals surface area contributed by atoms with Crippen LogP contribution in [0.4, 0.5) is 17.1 Å². The number of pyridine rings is 2. The minimum absolute atomic E-state index is 0. The Morgan fingerprint density at radius 1 is 0.511 bits per heavy atom. The molecule has 0 aliphatic rings. The molecule has 0 fully saturated rings. The van der Waals surface area contributed by atoms with Gasteiger partial charge in [-0.05, 0) is 90.4 Å². The van der Waals surface area contributed by atoms with E-state index < -0.39 is 0 Å². The Balaban J connectivity index is 0.000000183. The monoisotopic (exact) mass is 786 g/mol. The zero-order chi connectivity index (χ0) is 31.7. The molecule has 2 aromatic heterocycles. The fourth-order valence-electron chi connectivity index (χ4n) is 5.75. The Morgan fingerprint density at radius 3 is 1.70 bits per heavy atom. The van der Waals surface area contributed by atoms with E-state index in [0.717, 1.165) is 39.6 Å². The topological polar surface area (TPSA) is 29.0 Å². The molecule has 7 rings (SSSR count). The van der Waals surface area contributed by atoms with Crippen molar-refractivity contribution in [2.45, 2.75) is 20.8 Å². The van der Waals surface area contributed by atoms with Gasteiger partial charge in [0.05, 0.1) is 0 Å². The van der Waals surface area contributed by atoms with Crippen LogP contribution in [0.2, 0.25) is 0 Å². The molecule has 2 heterocycles. The molecule has 0 saturated heterocycles. The van der Waals surface area contributed by atoms with Crippen LogP contribution >= 0.6 is 0 Å². The maximum atomic E-state index is 4.60. The van der Waals surface area contributed by atoms with Gasteiger partial charge < -0.3 is 14.9 Å². The first-order chi connectivity index (χ1) is 22.6. The number of aromatic nitrogens is 2. The third kappa shape index (κ3) is 8.17. The summed E-state index contributed by atoms with van der Waals surface area (Å²) in [5.74, 6) is 0. The van der Waals surface area contributed by atoms with Crippen LogP contribution < -0.4 is 4.90 Å². The summed E-state index contributed by atoms with van der Waals surface area (Å²) in [6.45, 7) is 6.46. The number of benzene rings is 5. The van der Waals surface area contributed by atoms with Gasteiger partial charge in [0, 0.05) is 43.9 Å². The van der Waals surface area contributed by atoms with Crippen LogP contribution in [0.1, 0.15) is 16.7 Å². The van der Waals surface area contributed by atoms with Crippen molar-refractivity contribution in [3.8, 4) is 33.6 Å². The van der Waals surface area contributed by atoms with Gasteiger partial charge in [0.1, 0.15) is 0 Å². The molecule has 0 aliphatic carbocycles. The van der Waals surface area contributed by atoms with Crippen molar-refractivity contribution in [2.75, 3.05) is 4.90 Å². The van der Waals surface area contributed by atoms with E-state index in [0.29, 0.717) is 0 Å². The Kier molecular flexibility index (Phi) is 11.2. The summed E-state index contributed by atoms with van der Waals surface area (Å²) in [6, 6.07) is 55.9. The van der Waals surface area contributed by atoms with Crippen molar-refractivity contribution in [2.24, 2.45) is 0 Å². The van der Waals surface area contributed by atoms with Crippen molar-refractivity contribution >= 4 is 17.1 Å². The van der Waals surface area contributed by atoms with Gasteiger partial charge in [0.2, 0.25) is 0 Å². The Hall–Kier alpha value is -5.15. The number of rotatable bonds is 6. The number of anilines is 3. The zero-order valence-corrected chi connectivity index (χ0v) is 29.1. The van der Waals surface area contributed by atoms with E-state index in [1.165, 1.54) is 27.8 Å². The molecule has 4 heteroatoms. The molecule has 3 nitrogen and oxygen atoms in total. The second-order valence-electron chi connectivity index (χ2n) is 11.2. The maximum absolute atomic E-state index is 4.60. The van der Waals surface area contributed by atoms with Crippen LogP contribution in [0, 0.1) is 32.9 Å². The normalized spacial score (nSPS) is 10.3. The first-order valence-electron chi connectivity index (χ1n) is 15.4. The molecule has 233 valence electrons. The molecule has 7 aromatic rings. The van der Waals surface area contributed by atoms with Crippen molar-refractivity contribution in [3.63, 3.8) is 0 Å². The quantitative estimate of drug-likeness (QED) is 0.157. The number of nitrogens with zero attached hydrogens (tertiary/aromatic N) is 3. The van der Waals surface area contributed by atoms with Crippen LogP contribution in [0.25, 0.3) is 33.6 Å². The fourth-order valence-corrected chi connectivity index (χ4v) is 5.75. The predicted octanol–water partition coefficient (Wildman–Crippen LogP) is 11.2. The summed E-state index contributed by atoms with van der Waals surface area (Å²) < 4.78 is 0. The molecule has 5 aromatic carbocycles. The van der Waals surface area contributed by atoms with Gasteiger partial charge in [-0.3, -0.25) is 0 Å². The SMILES string of the molecule is Cc1cc(C)c(-c2ccc(-c3[c-]cccc3)nc2)c(C)c1.[Ir].[c-]1ccc(N(c2ccccc2)c2ccccc2)cc1-c1ccccn1. The zero-order valence-electron chi connectivity index (χ0n) is 26.7. The number of hydrogen-bond acceptors (Lipinski definition) is 3. The summed E-state index contributed by atoms with van der Waals surface area (Å²) in [5.41, 5.74) is 13.6. The Labute approximate surface area is 292 Å². The summed E-state index contributed by atoms with van der Waals surface area (Å²) in [7, 11) is 0. The van der Waals surface area contributed by atoms with Crippen LogP contribution in [0.15, 0.2) is 158 Å². The molecule has 0 saturated carbocycles. The van der Waals surface area contributed by atoms with Gasteiger partial charge in [0.15, 0.2) is 0 Å². The molecule has 0 amide bonds. The molecule has 0 bridgehead atoms. The molecule has 47 heavy (non-hydrogen) atoms. The predicted molar refractivity (Wildman–Crippen MR) is 191 cm³/mol. The van der Waals surface area contributed by atoms with E-state index in [1.807, 2.05) is 73.1 Å². The smallest absolute Gasteiger partial charge is 0.0443 e. The van der Waals surface area contributed by atoms with Gasteiger partial charge in [-0.15, -0.1) is 65.7 Å². The molecule has 1 radical (unpaired) electrons. The molecular weight excluding hydrogens is 751 g/mol. The van der Waals surface area contributed by atoms with Crippen molar-refractivity contribution < 1.29 is 20.1 Å².